The summed E-state index contributed by atoms with van der Waals surface area (Å²) in [5.74, 6) is -1.45. The second-order valence-corrected chi connectivity index (χ2v) is 5.05. The number of hydrogen-bond acceptors (Lipinski definition) is 4. The number of rotatable bonds is 4. The number of aliphatic hydroxyl groups is 1. The quantitative estimate of drug-likeness (QED) is 0.650. The molecule has 0 atom stereocenters. The van der Waals surface area contributed by atoms with Crippen molar-refractivity contribution < 1.29 is 19.2 Å². The lowest BCUT2D eigenvalue weighted by molar-refractivity contribution is -0.385. The van der Waals surface area contributed by atoms with Crippen molar-refractivity contribution in [2.75, 3.05) is 6.61 Å². The summed E-state index contributed by atoms with van der Waals surface area (Å²) in [7, 11) is 0. The second kappa shape index (κ2) is 5.54. The van der Waals surface area contributed by atoms with Crippen LogP contribution in [0.3, 0.4) is 0 Å². The van der Waals surface area contributed by atoms with Crippen LogP contribution in [-0.4, -0.2) is 28.1 Å². The summed E-state index contributed by atoms with van der Waals surface area (Å²) in [6.07, 6.45) is 3.08. The fourth-order valence-electron chi connectivity index (χ4n) is 2.50. The van der Waals surface area contributed by atoms with Crippen LogP contribution in [0.4, 0.5) is 10.1 Å². The minimum absolute atomic E-state index is 0.114. The predicted molar refractivity (Wildman–Crippen MR) is 68.8 cm³/mol. The largest absolute Gasteiger partial charge is 0.394 e. The molecular weight excluding hydrogens is 267 g/mol. The van der Waals surface area contributed by atoms with E-state index < -0.39 is 27.9 Å². The average Bonchev–Trinajstić information content (AvgIpc) is 2.87. The Morgan fingerprint density at radius 2 is 2.05 bits per heavy atom. The molecule has 1 aromatic rings. The molecule has 20 heavy (non-hydrogen) atoms. The third-order valence-electron chi connectivity index (χ3n) is 3.60. The van der Waals surface area contributed by atoms with E-state index in [-0.39, 0.29) is 12.2 Å². The van der Waals surface area contributed by atoms with Gasteiger partial charge >= 0.3 is 0 Å². The van der Waals surface area contributed by atoms with Crippen LogP contribution >= 0.6 is 0 Å². The van der Waals surface area contributed by atoms with Gasteiger partial charge in [0.15, 0.2) is 0 Å². The van der Waals surface area contributed by atoms with Gasteiger partial charge in [0.25, 0.3) is 11.6 Å². The van der Waals surface area contributed by atoms with Gasteiger partial charge in [0.05, 0.1) is 23.1 Å². The molecule has 1 aromatic carbocycles. The number of carbonyl (C=O) groups excluding carboxylic acids is 1. The summed E-state index contributed by atoms with van der Waals surface area (Å²) in [6, 6.07) is 2.73. The summed E-state index contributed by atoms with van der Waals surface area (Å²) in [5.41, 5.74) is -1.28. The number of non-ortho nitro benzene ring substituents is 1. The molecule has 0 radical (unpaired) electrons. The van der Waals surface area contributed by atoms with Crippen LogP contribution in [0, 0.1) is 15.9 Å². The number of benzene rings is 1. The summed E-state index contributed by atoms with van der Waals surface area (Å²) < 4.78 is 13.3. The van der Waals surface area contributed by atoms with Crippen molar-refractivity contribution in [3.63, 3.8) is 0 Å². The van der Waals surface area contributed by atoms with Crippen molar-refractivity contribution in [2.24, 2.45) is 0 Å². The molecule has 108 valence electrons. The molecule has 0 heterocycles. The Bertz CT molecular complexity index is 541. The smallest absolute Gasteiger partial charge is 0.273 e. The summed E-state index contributed by atoms with van der Waals surface area (Å²) in [6.45, 7) is -0.198. The molecule has 0 spiro atoms. The van der Waals surface area contributed by atoms with E-state index in [4.69, 9.17) is 0 Å². The van der Waals surface area contributed by atoms with Gasteiger partial charge in [0, 0.05) is 11.6 Å². The van der Waals surface area contributed by atoms with Gasteiger partial charge in [-0.3, -0.25) is 14.9 Å². The number of aliphatic hydroxyl groups excluding tert-OH is 1. The fraction of sp³-hybridized carbons (Fsp3) is 0.462. The lowest BCUT2D eigenvalue weighted by Gasteiger charge is -2.27. The van der Waals surface area contributed by atoms with Crippen LogP contribution < -0.4 is 5.32 Å². The number of halogens is 1. The van der Waals surface area contributed by atoms with Gasteiger partial charge in [-0.15, -0.1) is 0 Å². The van der Waals surface area contributed by atoms with Crippen molar-refractivity contribution in [1.82, 2.24) is 5.32 Å². The molecule has 1 aliphatic carbocycles. The van der Waals surface area contributed by atoms with E-state index in [1.54, 1.807) is 0 Å². The number of amides is 1. The van der Waals surface area contributed by atoms with Crippen molar-refractivity contribution in [3.8, 4) is 0 Å². The SMILES string of the molecule is O=C(NC1(CO)CCCC1)c1cc(F)cc([N+](=O)[O-])c1. The van der Waals surface area contributed by atoms with Gasteiger partial charge in [-0.05, 0) is 18.9 Å². The molecule has 0 aliphatic heterocycles. The maximum absolute atomic E-state index is 13.3. The first-order valence-corrected chi connectivity index (χ1v) is 6.34. The second-order valence-electron chi connectivity index (χ2n) is 5.05. The number of nitro groups is 1. The van der Waals surface area contributed by atoms with E-state index in [2.05, 4.69) is 5.32 Å². The lowest BCUT2D eigenvalue weighted by atomic mass is 9.98. The van der Waals surface area contributed by atoms with Gasteiger partial charge in [-0.25, -0.2) is 4.39 Å². The van der Waals surface area contributed by atoms with Crippen LogP contribution in [0.25, 0.3) is 0 Å². The summed E-state index contributed by atoms with van der Waals surface area (Å²) in [4.78, 5) is 22.0. The summed E-state index contributed by atoms with van der Waals surface area (Å²) in [5, 5.41) is 22.7. The molecule has 1 fully saturated rings. The van der Waals surface area contributed by atoms with E-state index >= 15 is 0 Å². The van der Waals surface area contributed by atoms with E-state index in [0.29, 0.717) is 12.8 Å². The Kier molecular flexibility index (Phi) is 3.99. The molecule has 6 nitrogen and oxygen atoms in total. The van der Waals surface area contributed by atoms with Crippen molar-refractivity contribution in [2.45, 2.75) is 31.2 Å². The molecular formula is C13H15FN2O4. The van der Waals surface area contributed by atoms with Gasteiger partial charge in [0.2, 0.25) is 0 Å². The highest BCUT2D eigenvalue weighted by Crippen LogP contribution is 2.29. The predicted octanol–water partition coefficient (Wildman–Crippen LogP) is 1.77. The maximum Gasteiger partial charge on any atom is 0.273 e. The molecule has 2 N–H and O–H groups in total. The topological polar surface area (TPSA) is 92.5 Å². The van der Waals surface area contributed by atoms with Crippen molar-refractivity contribution in [1.29, 1.82) is 0 Å². The third kappa shape index (κ3) is 2.93. The Morgan fingerprint density at radius 1 is 1.40 bits per heavy atom. The zero-order chi connectivity index (χ0) is 14.8. The zero-order valence-corrected chi connectivity index (χ0v) is 10.8. The highest BCUT2D eigenvalue weighted by atomic mass is 19.1. The maximum atomic E-state index is 13.3. The zero-order valence-electron chi connectivity index (χ0n) is 10.8. The molecule has 1 amide bonds. The molecule has 0 bridgehead atoms. The molecule has 1 saturated carbocycles. The Hall–Kier alpha value is -2.02. The number of hydrogen-bond donors (Lipinski definition) is 2. The standard InChI is InChI=1S/C13H15FN2O4/c14-10-5-9(6-11(7-10)16(19)20)12(18)15-13(8-17)3-1-2-4-13/h5-7,17H,1-4,8H2,(H,15,18). The highest BCUT2D eigenvalue weighted by molar-refractivity contribution is 5.95. The van der Waals surface area contributed by atoms with Gasteiger partial charge in [-0.1, -0.05) is 12.8 Å². The molecule has 0 aromatic heterocycles. The fourth-order valence-corrected chi connectivity index (χ4v) is 2.50. The van der Waals surface area contributed by atoms with Crippen LogP contribution in [0.2, 0.25) is 0 Å². The average molecular weight is 282 g/mol. The van der Waals surface area contributed by atoms with E-state index in [1.807, 2.05) is 0 Å². The van der Waals surface area contributed by atoms with Crippen LogP contribution in [0.5, 0.6) is 0 Å². The summed E-state index contributed by atoms with van der Waals surface area (Å²) >= 11 is 0. The third-order valence-corrected chi connectivity index (χ3v) is 3.60. The van der Waals surface area contributed by atoms with Crippen molar-refractivity contribution >= 4 is 11.6 Å². The van der Waals surface area contributed by atoms with E-state index in [0.717, 1.165) is 31.0 Å². The van der Waals surface area contributed by atoms with Crippen LogP contribution in [0.1, 0.15) is 36.0 Å². The first-order valence-electron chi connectivity index (χ1n) is 6.34. The minimum Gasteiger partial charge on any atom is -0.394 e. The molecule has 7 heteroatoms. The van der Waals surface area contributed by atoms with Gasteiger partial charge in [-0.2, -0.15) is 0 Å². The first kappa shape index (κ1) is 14.4. The highest BCUT2D eigenvalue weighted by Gasteiger charge is 2.35. The number of carbonyl (C=O) groups is 1. The molecule has 0 saturated heterocycles. The number of nitro benzene ring substituents is 1. The Balaban J connectivity index is 2.22. The first-order chi connectivity index (χ1) is 9.46. The molecule has 0 unspecified atom stereocenters. The van der Waals surface area contributed by atoms with Crippen molar-refractivity contribution in [3.05, 3.63) is 39.7 Å². The Morgan fingerprint density at radius 3 is 2.60 bits per heavy atom. The molecule has 1 aliphatic rings. The lowest BCUT2D eigenvalue weighted by Crippen LogP contribution is -2.49. The monoisotopic (exact) mass is 282 g/mol. The van der Waals surface area contributed by atoms with Gasteiger partial charge in [0.1, 0.15) is 5.82 Å². The van der Waals surface area contributed by atoms with E-state index in [1.165, 1.54) is 0 Å². The van der Waals surface area contributed by atoms with Crippen LogP contribution in [0.15, 0.2) is 18.2 Å². The number of nitrogens with one attached hydrogen (secondary N) is 1. The number of nitrogens with zero attached hydrogens (tertiary/aromatic N) is 1. The molecule has 2 rings (SSSR count). The van der Waals surface area contributed by atoms with Crippen LogP contribution in [-0.2, 0) is 0 Å². The van der Waals surface area contributed by atoms with Gasteiger partial charge < -0.3 is 10.4 Å². The normalized spacial score (nSPS) is 16.9. The van der Waals surface area contributed by atoms with E-state index in [9.17, 15) is 24.4 Å². The minimum atomic E-state index is -0.839. The Labute approximate surface area is 114 Å².